The number of rotatable bonds is 4. The highest BCUT2D eigenvalue weighted by molar-refractivity contribution is 5.79. The van der Waals surface area contributed by atoms with Crippen LogP contribution in [-0.2, 0) is 9.63 Å². The van der Waals surface area contributed by atoms with Crippen LogP contribution in [0.4, 0.5) is 5.69 Å². The van der Waals surface area contributed by atoms with Crippen LogP contribution in [0.15, 0.2) is 24.3 Å². The van der Waals surface area contributed by atoms with Gasteiger partial charge in [0.2, 0.25) is 0 Å². The number of benzene rings is 1. The molecule has 0 heterocycles. The Morgan fingerprint density at radius 1 is 1.50 bits per heavy atom. The number of hydrogen-bond acceptors (Lipinski definition) is 3. The summed E-state index contributed by atoms with van der Waals surface area (Å²) in [6.07, 6.45) is 0. The molecule has 0 saturated heterocycles. The fourth-order valence-electron chi connectivity index (χ4n) is 1.09. The molecule has 2 N–H and O–H groups in total. The SMILES string of the molecule is CONC(=O)CNc1cccc(C)c1. The number of carbonyl (C=O) groups is 1. The lowest BCUT2D eigenvalue weighted by atomic mass is 10.2. The fourth-order valence-corrected chi connectivity index (χ4v) is 1.09. The van der Waals surface area contributed by atoms with Crippen molar-refractivity contribution in [2.24, 2.45) is 0 Å². The van der Waals surface area contributed by atoms with Crippen LogP contribution < -0.4 is 10.8 Å². The predicted molar refractivity (Wildman–Crippen MR) is 54.8 cm³/mol. The molecule has 14 heavy (non-hydrogen) atoms. The van der Waals surface area contributed by atoms with Gasteiger partial charge in [-0.15, -0.1) is 0 Å². The van der Waals surface area contributed by atoms with Crippen molar-refractivity contribution in [1.29, 1.82) is 0 Å². The first-order valence-electron chi connectivity index (χ1n) is 4.34. The van der Waals surface area contributed by atoms with Gasteiger partial charge in [0.25, 0.3) is 5.91 Å². The molecule has 0 unspecified atom stereocenters. The lowest BCUT2D eigenvalue weighted by Crippen LogP contribution is -2.28. The fraction of sp³-hybridized carbons (Fsp3) is 0.300. The number of aryl methyl sites for hydroxylation is 1. The summed E-state index contributed by atoms with van der Waals surface area (Å²) in [5, 5.41) is 2.98. The first-order chi connectivity index (χ1) is 6.72. The van der Waals surface area contributed by atoms with E-state index in [1.807, 2.05) is 31.2 Å². The topological polar surface area (TPSA) is 50.4 Å². The molecule has 0 fully saturated rings. The van der Waals surface area contributed by atoms with E-state index in [0.29, 0.717) is 0 Å². The molecule has 1 aromatic rings. The number of anilines is 1. The molecular weight excluding hydrogens is 180 g/mol. The maximum atomic E-state index is 11.0. The number of hydroxylamine groups is 1. The average molecular weight is 194 g/mol. The van der Waals surface area contributed by atoms with Crippen molar-refractivity contribution in [3.05, 3.63) is 29.8 Å². The van der Waals surface area contributed by atoms with E-state index in [1.54, 1.807) is 0 Å². The van der Waals surface area contributed by atoms with Gasteiger partial charge in [0, 0.05) is 5.69 Å². The molecule has 0 saturated carbocycles. The van der Waals surface area contributed by atoms with Gasteiger partial charge in [-0.05, 0) is 24.6 Å². The van der Waals surface area contributed by atoms with Crippen molar-refractivity contribution >= 4 is 11.6 Å². The maximum Gasteiger partial charge on any atom is 0.262 e. The first kappa shape index (κ1) is 10.5. The lowest BCUT2D eigenvalue weighted by Gasteiger charge is -2.06. The molecule has 1 aromatic carbocycles. The van der Waals surface area contributed by atoms with Gasteiger partial charge in [0.05, 0.1) is 13.7 Å². The third-order valence-corrected chi connectivity index (χ3v) is 1.69. The van der Waals surface area contributed by atoms with E-state index in [4.69, 9.17) is 0 Å². The zero-order valence-corrected chi connectivity index (χ0v) is 8.33. The second-order valence-electron chi connectivity index (χ2n) is 2.95. The minimum Gasteiger partial charge on any atom is -0.376 e. The molecular formula is C10H14N2O2. The Hall–Kier alpha value is -1.55. The number of nitrogens with one attached hydrogen (secondary N) is 2. The third-order valence-electron chi connectivity index (χ3n) is 1.69. The van der Waals surface area contributed by atoms with E-state index in [2.05, 4.69) is 15.6 Å². The largest absolute Gasteiger partial charge is 0.376 e. The van der Waals surface area contributed by atoms with Crippen LogP contribution >= 0.6 is 0 Å². The van der Waals surface area contributed by atoms with Crippen LogP contribution in [0.2, 0.25) is 0 Å². The quantitative estimate of drug-likeness (QED) is 0.705. The summed E-state index contributed by atoms with van der Waals surface area (Å²) in [5.41, 5.74) is 4.31. The van der Waals surface area contributed by atoms with Crippen molar-refractivity contribution in [2.75, 3.05) is 19.0 Å². The van der Waals surface area contributed by atoms with Crippen LogP contribution in [0.1, 0.15) is 5.56 Å². The molecule has 0 radical (unpaired) electrons. The van der Waals surface area contributed by atoms with Crippen LogP contribution in [-0.4, -0.2) is 19.6 Å². The zero-order valence-electron chi connectivity index (χ0n) is 8.33. The Morgan fingerprint density at radius 3 is 2.93 bits per heavy atom. The summed E-state index contributed by atoms with van der Waals surface area (Å²) in [6.45, 7) is 2.21. The van der Waals surface area contributed by atoms with Gasteiger partial charge in [0.1, 0.15) is 0 Å². The highest BCUT2D eigenvalue weighted by Crippen LogP contribution is 2.08. The normalized spacial score (nSPS) is 9.57. The highest BCUT2D eigenvalue weighted by Gasteiger charge is 1.98. The molecule has 4 nitrogen and oxygen atoms in total. The Bertz CT molecular complexity index is 313. The minimum atomic E-state index is -0.200. The first-order valence-corrected chi connectivity index (χ1v) is 4.34. The van der Waals surface area contributed by atoms with Crippen molar-refractivity contribution in [1.82, 2.24) is 5.48 Å². The minimum absolute atomic E-state index is 0.200. The highest BCUT2D eigenvalue weighted by atomic mass is 16.6. The van der Waals surface area contributed by atoms with E-state index < -0.39 is 0 Å². The van der Waals surface area contributed by atoms with Crippen LogP contribution in [0.25, 0.3) is 0 Å². The van der Waals surface area contributed by atoms with E-state index in [-0.39, 0.29) is 12.5 Å². The summed E-state index contributed by atoms with van der Waals surface area (Å²) in [7, 11) is 1.41. The molecule has 76 valence electrons. The van der Waals surface area contributed by atoms with E-state index in [1.165, 1.54) is 7.11 Å². The van der Waals surface area contributed by atoms with Gasteiger partial charge in [0.15, 0.2) is 0 Å². The summed E-state index contributed by atoms with van der Waals surface area (Å²) in [6, 6.07) is 7.82. The van der Waals surface area contributed by atoms with Gasteiger partial charge in [-0.3, -0.25) is 9.63 Å². The Kier molecular flexibility index (Phi) is 3.94. The van der Waals surface area contributed by atoms with Crippen LogP contribution in [0.3, 0.4) is 0 Å². The van der Waals surface area contributed by atoms with E-state index >= 15 is 0 Å². The smallest absolute Gasteiger partial charge is 0.262 e. The van der Waals surface area contributed by atoms with Gasteiger partial charge in [-0.25, -0.2) is 5.48 Å². The molecule has 0 aliphatic carbocycles. The van der Waals surface area contributed by atoms with Gasteiger partial charge in [-0.2, -0.15) is 0 Å². The lowest BCUT2D eigenvalue weighted by molar-refractivity contribution is -0.129. The molecule has 0 aromatic heterocycles. The third kappa shape index (κ3) is 3.45. The summed E-state index contributed by atoms with van der Waals surface area (Å²) in [5.74, 6) is -0.200. The van der Waals surface area contributed by atoms with Crippen LogP contribution in [0.5, 0.6) is 0 Å². The second kappa shape index (κ2) is 5.24. The summed E-state index contributed by atoms with van der Waals surface area (Å²) in [4.78, 5) is 15.5. The Balaban J connectivity index is 2.41. The number of amides is 1. The zero-order chi connectivity index (χ0) is 10.4. The average Bonchev–Trinajstić information content (AvgIpc) is 2.15. The molecule has 0 aliphatic heterocycles. The van der Waals surface area contributed by atoms with Crippen molar-refractivity contribution in [3.8, 4) is 0 Å². The second-order valence-corrected chi connectivity index (χ2v) is 2.95. The Labute approximate surface area is 83.2 Å². The van der Waals surface area contributed by atoms with Crippen molar-refractivity contribution in [2.45, 2.75) is 6.92 Å². The standard InChI is InChI=1S/C10H14N2O2/c1-8-4-3-5-9(6-8)11-7-10(13)12-14-2/h3-6,11H,7H2,1-2H3,(H,12,13). The molecule has 0 atom stereocenters. The van der Waals surface area contributed by atoms with E-state index in [0.717, 1.165) is 11.3 Å². The monoisotopic (exact) mass is 194 g/mol. The molecule has 1 amide bonds. The van der Waals surface area contributed by atoms with Crippen molar-refractivity contribution < 1.29 is 9.63 Å². The maximum absolute atomic E-state index is 11.0. The summed E-state index contributed by atoms with van der Waals surface area (Å²) < 4.78 is 0. The predicted octanol–water partition coefficient (Wildman–Crippen LogP) is 1.08. The van der Waals surface area contributed by atoms with Gasteiger partial charge >= 0.3 is 0 Å². The molecule has 0 spiro atoms. The van der Waals surface area contributed by atoms with Gasteiger partial charge < -0.3 is 5.32 Å². The van der Waals surface area contributed by atoms with Gasteiger partial charge in [-0.1, -0.05) is 12.1 Å². The molecule has 0 aliphatic rings. The number of carbonyl (C=O) groups excluding carboxylic acids is 1. The molecule has 1 rings (SSSR count). The van der Waals surface area contributed by atoms with Crippen LogP contribution in [0, 0.1) is 6.92 Å². The Morgan fingerprint density at radius 2 is 2.29 bits per heavy atom. The molecule has 4 heteroatoms. The molecule has 0 bridgehead atoms. The number of hydrogen-bond donors (Lipinski definition) is 2. The van der Waals surface area contributed by atoms with E-state index in [9.17, 15) is 4.79 Å². The van der Waals surface area contributed by atoms with Crippen molar-refractivity contribution in [3.63, 3.8) is 0 Å². The summed E-state index contributed by atoms with van der Waals surface area (Å²) >= 11 is 0.